The minimum Gasteiger partial charge on any atom is -0.480 e. The molecule has 7 nitrogen and oxygen atoms in total. The summed E-state index contributed by atoms with van der Waals surface area (Å²) in [5.74, 6) is -1.53. The number of hydrogen-bond donors (Lipinski definition) is 1. The van der Waals surface area contributed by atoms with Crippen molar-refractivity contribution in [3.8, 4) is 0 Å². The molecule has 1 N–H and O–H groups in total. The van der Waals surface area contributed by atoms with Crippen LogP contribution < -0.4 is 0 Å². The first-order valence-electron chi connectivity index (χ1n) is 10.2. The van der Waals surface area contributed by atoms with Crippen LogP contribution in [0.1, 0.15) is 37.5 Å². The summed E-state index contributed by atoms with van der Waals surface area (Å²) in [5.41, 5.74) is 1.53. The third-order valence-electron chi connectivity index (χ3n) is 5.71. The van der Waals surface area contributed by atoms with Gasteiger partial charge in [-0.1, -0.05) is 60.2 Å². The third kappa shape index (κ3) is 4.55. The standard InChI is InChI=1S/C24H28N2O5/c1-16-10-12-18(13-11-16)14-20(22(28)29)26-21(27)17(2)25(24(26,3)4)23(30)31-15-19-8-6-5-7-9-19/h5-13,17,20H,14-15H2,1-4H3,(H,28,29)/t17-,20-/m0/s1. The minimum absolute atomic E-state index is 0.0683. The molecular weight excluding hydrogens is 396 g/mol. The fourth-order valence-corrected chi connectivity index (χ4v) is 4.11. The number of nitrogens with zero attached hydrogens (tertiary/aromatic N) is 2. The zero-order chi connectivity index (χ0) is 22.8. The molecule has 1 fully saturated rings. The van der Waals surface area contributed by atoms with Gasteiger partial charge in [0.05, 0.1) is 0 Å². The summed E-state index contributed by atoms with van der Waals surface area (Å²) in [6, 6.07) is 14.8. The molecule has 2 atom stereocenters. The highest BCUT2D eigenvalue weighted by molar-refractivity contribution is 5.93. The lowest BCUT2D eigenvalue weighted by molar-refractivity contribution is -0.152. The van der Waals surface area contributed by atoms with Crippen molar-refractivity contribution in [1.29, 1.82) is 0 Å². The lowest BCUT2D eigenvalue weighted by Gasteiger charge is -2.40. The second kappa shape index (κ2) is 8.79. The average molecular weight is 424 g/mol. The molecule has 1 aliphatic rings. The Balaban J connectivity index is 1.83. The van der Waals surface area contributed by atoms with E-state index in [1.54, 1.807) is 20.8 Å². The Hall–Kier alpha value is -3.35. The van der Waals surface area contributed by atoms with E-state index in [2.05, 4.69) is 0 Å². The Bertz CT molecular complexity index is 956. The van der Waals surface area contributed by atoms with Crippen molar-refractivity contribution in [2.45, 2.75) is 58.5 Å². The molecule has 164 valence electrons. The number of aryl methyl sites for hydroxylation is 1. The third-order valence-corrected chi connectivity index (χ3v) is 5.71. The highest BCUT2D eigenvalue weighted by Crippen LogP contribution is 2.35. The van der Waals surface area contributed by atoms with Crippen molar-refractivity contribution in [2.75, 3.05) is 0 Å². The van der Waals surface area contributed by atoms with E-state index in [-0.39, 0.29) is 13.0 Å². The van der Waals surface area contributed by atoms with Crippen molar-refractivity contribution < 1.29 is 24.2 Å². The van der Waals surface area contributed by atoms with Crippen LogP contribution in [0.4, 0.5) is 4.79 Å². The zero-order valence-corrected chi connectivity index (χ0v) is 18.2. The first kappa shape index (κ1) is 22.3. The molecule has 3 rings (SSSR count). The van der Waals surface area contributed by atoms with Crippen LogP contribution in [-0.4, -0.2) is 50.6 Å². The number of amides is 2. The number of carboxylic acid groups (broad SMARTS) is 1. The van der Waals surface area contributed by atoms with Crippen LogP contribution in [0.25, 0.3) is 0 Å². The van der Waals surface area contributed by atoms with E-state index in [9.17, 15) is 19.5 Å². The second-order valence-corrected chi connectivity index (χ2v) is 8.33. The molecule has 2 amide bonds. The molecule has 2 aromatic rings. The number of carboxylic acids is 1. The van der Waals surface area contributed by atoms with E-state index in [1.807, 2.05) is 61.5 Å². The average Bonchev–Trinajstić information content (AvgIpc) is 2.90. The highest BCUT2D eigenvalue weighted by atomic mass is 16.6. The molecule has 0 unspecified atom stereocenters. The Morgan fingerprint density at radius 3 is 2.26 bits per heavy atom. The number of ether oxygens (including phenoxy) is 1. The molecule has 1 heterocycles. The smallest absolute Gasteiger partial charge is 0.412 e. The number of rotatable bonds is 6. The predicted molar refractivity (Wildman–Crippen MR) is 115 cm³/mol. The summed E-state index contributed by atoms with van der Waals surface area (Å²) in [6.07, 6.45) is -0.513. The lowest BCUT2D eigenvalue weighted by atomic mass is 10.0. The van der Waals surface area contributed by atoms with Gasteiger partial charge in [-0.3, -0.25) is 9.69 Å². The molecule has 0 radical (unpaired) electrons. The summed E-state index contributed by atoms with van der Waals surface area (Å²) in [6.45, 7) is 6.95. The Labute approximate surface area is 182 Å². The number of carbonyl (C=O) groups is 3. The highest BCUT2D eigenvalue weighted by Gasteiger charge is 2.56. The Morgan fingerprint density at radius 2 is 1.68 bits per heavy atom. The minimum atomic E-state index is -1.17. The van der Waals surface area contributed by atoms with E-state index < -0.39 is 35.7 Å². The van der Waals surface area contributed by atoms with Crippen molar-refractivity contribution in [3.63, 3.8) is 0 Å². The molecule has 0 bridgehead atoms. The largest absolute Gasteiger partial charge is 0.480 e. The van der Waals surface area contributed by atoms with Crippen LogP contribution in [-0.2, 0) is 27.4 Å². The molecule has 1 saturated heterocycles. The fraction of sp³-hybridized carbons (Fsp3) is 0.375. The SMILES string of the molecule is Cc1ccc(C[C@@H](C(=O)O)N2C(=O)[C@H](C)N(C(=O)OCc3ccccc3)C2(C)C)cc1. The van der Waals surface area contributed by atoms with Crippen LogP contribution in [0.3, 0.4) is 0 Å². The van der Waals surface area contributed by atoms with Gasteiger partial charge >= 0.3 is 12.1 Å². The second-order valence-electron chi connectivity index (χ2n) is 8.33. The van der Waals surface area contributed by atoms with E-state index in [0.717, 1.165) is 16.7 Å². The summed E-state index contributed by atoms with van der Waals surface area (Å²) in [5, 5.41) is 9.93. The Kier molecular flexibility index (Phi) is 6.34. The summed E-state index contributed by atoms with van der Waals surface area (Å²) < 4.78 is 5.45. The molecule has 0 saturated carbocycles. The predicted octanol–water partition coefficient (Wildman–Crippen LogP) is 3.60. The Morgan fingerprint density at radius 1 is 1.06 bits per heavy atom. The topological polar surface area (TPSA) is 87.2 Å². The van der Waals surface area contributed by atoms with Gasteiger partial charge < -0.3 is 14.7 Å². The van der Waals surface area contributed by atoms with Crippen molar-refractivity contribution >= 4 is 18.0 Å². The van der Waals surface area contributed by atoms with Gasteiger partial charge in [-0.05, 0) is 38.8 Å². The van der Waals surface area contributed by atoms with E-state index in [4.69, 9.17) is 4.74 Å². The molecule has 7 heteroatoms. The molecule has 2 aromatic carbocycles. The van der Waals surface area contributed by atoms with Gasteiger partial charge in [0.25, 0.3) is 0 Å². The van der Waals surface area contributed by atoms with E-state index >= 15 is 0 Å². The molecule has 0 spiro atoms. The molecule has 0 aliphatic carbocycles. The van der Waals surface area contributed by atoms with Gasteiger partial charge in [0, 0.05) is 6.42 Å². The molecule has 31 heavy (non-hydrogen) atoms. The maximum Gasteiger partial charge on any atom is 0.412 e. The van der Waals surface area contributed by atoms with Crippen molar-refractivity contribution in [1.82, 2.24) is 9.80 Å². The van der Waals surface area contributed by atoms with Gasteiger partial charge in [0.15, 0.2) is 0 Å². The zero-order valence-electron chi connectivity index (χ0n) is 18.2. The summed E-state index contributed by atoms with van der Waals surface area (Å²) >= 11 is 0. The van der Waals surface area contributed by atoms with Crippen LogP contribution in [0.5, 0.6) is 0 Å². The van der Waals surface area contributed by atoms with Crippen LogP contribution in [0, 0.1) is 6.92 Å². The van der Waals surface area contributed by atoms with Crippen molar-refractivity contribution in [3.05, 3.63) is 71.3 Å². The first-order valence-corrected chi connectivity index (χ1v) is 10.2. The quantitative estimate of drug-likeness (QED) is 0.766. The number of carbonyl (C=O) groups excluding carboxylic acids is 2. The van der Waals surface area contributed by atoms with Crippen LogP contribution >= 0.6 is 0 Å². The van der Waals surface area contributed by atoms with Crippen LogP contribution in [0.2, 0.25) is 0 Å². The van der Waals surface area contributed by atoms with E-state index in [0.29, 0.717) is 0 Å². The fourth-order valence-electron chi connectivity index (χ4n) is 4.11. The van der Waals surface area contributed by atoms with Gasteiger partial charge in [-0.25, -0.2) is 9.59 Å². The number of benzene rings is 2. The summed E-state index contributed by atoms with van der Waals surface area (Å²) in [7, 11) is 0. The van der Waals surface area contributed by atoms with Gasteiger partial charge in [0.2, 0.25) is 5.91 Å². The van der Waals surface area contributed by atoms with Gasteiger partial charge in [-0.2, -0.15) is 0 Å². The number of hydrogen-bond acceptors (Lipinski definition) is 4. The van der Waals surface area contributed by atoms with Gasteiger partial charge in [0.1, 0.15) is 24.4 Å². The molecule has 1 aliphatic heterocycles. The first-order chi connectivity index (χ1) is 14.6. The summed E-state index contributed by atoms with van der Waals surface area (Å²) in [4.78, 5) is 40.8. The normalized spacial score (nSPS) is 18.7. The molecule has 0 aromatic heterocycles. The monoisotopic (exact) mass is 424 g/mol. The molecular formula is C24H28N2O5. The van der Waals surface area contributed by atoms with Gasteiger partial charge in [-0.15, -0.1) is 0 Å². The maximum atomic E-state index is 13.1. The number of aliphatic carboxylic acids is 1. The lowest BCUT2D eigenvalue weighted by Crippen LogP contribution is -2.57. The van der Waals surface area contributed by atoms with E-state index in [1.165, 1.54) is 9.80 Å². The van der Waals surface area contributed by atoms with Crippen molar-refractivity contribution in [2.24, 2.45) is 0 Å². The van der Waals surface area contributed by atoms with Crippen LogP contribution in [0.15, 0.2) is 54.6 Å². The maximum absolute atomic E-state index is 13.1.